The van der Waals surface area contributed by atoms with Gasteiger partial charge in [0.05, 0.1) is 0 Å². The van der Waals surface area contributed by atoms with Gasteiger partial charge < -0.3 is 10.6 Å². The van der Waals surface area contributed by atoms with Gasteiger partial charge in [-0.15, -0.1) is 0 Å². The molecule has 9 rings (SSSR count). The fraction of sp³-hybridized carbons (Fsp3) is 0.294. The van der Waals surface area contributed by atoms with Crippen LogP contribution in [0.2, 0.25) is 10.0 Å². The highest BCUT2D eigenvalue weighted by Crippen LogP contribution is 2.44. The topological polar surface area (TPSA) is 24.1 Å². The van der Waals surface area contributed by atoms with E-state index in [1.165, 1.54) is 83.0 Å². The fourth-order valence-corrected chi connectivity index (χ4v) is 9.65. The number of nitrogens with one attached hydrogen (secondary N) is 2. The van der Waals surface area contributed by atoms with Crippen molar-refractivity contribution in [3.8, 4) is 0 Å². The molecule has 6 aromatic rings. The van der Waals surface area contributed by atoms with E-state index in [-0.39, 0.29) is 0 Å². The summed E-state index contributed by atoms with van der Waals surface area (Å²) in [5.74, 6) is 2.28. The second kappa shape index (κ2) is 18.6. The number of halogens is 2. The molecule has 0 saturated heterocycles. The van der Waals surface area contributed by atoms with E-state index < -0.39 is 0 Å². The van der Waals surface area contributed by atoms with Gasteiger partial charge in [0.1, 0.15) is 0 Å². The van der Waals surface area contributed by atoms with Crippen molar-refractivity contribution in [3.05, 3.63) is 212 Å². The Morgan fingerprint density at radius 2 is 0.800 bits per heavy atom. The maximum absolute atomic E-state index is 6.13. The zero-order chi connectivity index (χ0) is 38.1. The normalized spacial score (nSPS) is 22.3. The highest BCUT2D eigenvalue weighted by Gasteiger charge is 2.28. The lowest BCUT2D eigenvalue weighted by Crippen LogP contribution is -2.24. The van der Waals surface area contributed by atoms with Crippen molar-refractivity contribution in [2.24, 2.45) is 0 Å². The van der Waals surface area contributed by atoms with Crippen molar-refractivity contribution in [2.75, 3.05) is 14.1 Å². The largest absolute Gasteiger partial charge is 0.313 e. The van der Waals surface area contributed by atoms with Gasteiger partial charge in [0.15, 0.2) is 0 Å². The lowest BCUT2D eigenvalue weighted by atomic mass is 9.75. The molecule has 0 fully saturated rings. The molecule has 0 amide bonds. The Balaban J connectivity index is 0.000000127. The van der Waals surface area contributed by atoms with Crippen LogP contribution in [0.5, 0.6) is 0 Å². The van der Waals surface area contributed by atoms with Gasteiger partial charge in [-0.2, -0.15) is 0 Å². The standard InChI is InChI=1S/2C17H18ClN.C17H18/c1-19-17-10-9-14(12-5-4-6-13(18)11-12)15-7-2-3-8-16(15)17;1-19-17-11-10-14(12-6-8-13(18)9-7-12)15-4-2-3-5-16(15)17;1-13-11-12-16(14-7-3-2-4-8-14)17-10-6-5-9-15(13)17/h2-8,11,14,17,19H,9-10H2,1H3;2-9,14,17,19H,10-11H2,1H3;2-10,13,16H,11-12H2,1H3. The van der Waals surface area contributed by atoms with Crippen LogP contribution in [-0.4, -0.2) is 14.1 Å². The van der Waals surface area contributed by atoms with Crippen molar-refractivity contribution < 1.29 is 0 Å². The Morgan fingerprint density at radius 1 is 0.382 bits per heavy atom. The van der Waals surface area contributed by atoms with Crippen molar-refractivity contribution in [2.45, 2.75) is 81.2 Å². The second-order valence-electron chi connectivity index (χ2n) is 15.4. The lowest BCUT2D eigenvalue weighted by Gasteiger charge is -2.31. The fourth-order valence-electron chi connectivity index (χ4n) is 9.33. The van der Waals surface area contributed by atoms with E-state index in [1.54, 1.807) is 5.56 Å². The molecular formula is C51H54Cl2N2. The van der Waals surface area contributed by atoms with E-state index >= 15 is 0 Å². The van der Waals surface area contributed by atoms with Crippen LogP contribution in [0.4, 0.5) is 0 Å². The summed E-state index contributed by atoms with van der Waals surface area (Å²) in [4.78, 5) is 0. The average molecular weight is 766 g/mol. The van der Waals surface area contributed by atoms with E-state index in [1.807, 2.05) is 38.4 Å². The minimum Gasteiger partial charge on any atom is -0.313 e. The molecule has 2 N–H and O–H groups in total. The molecule has 0 spiro atoms. The number of fused-ring (bicyclic) bond motifs is 3. The summed E-state index contributed by atoms with van der Waals surface area (Å²) in [5, 5.41) is 8.47. The molecule has 0 aromatic heterocycles. The molecule has 3 aliphatic rings. The van der Waals surface area contributed by atoms with Gasteiger partial charge in [-0.05, 0) is 133 Å². The van der Waals surface area contributed by atoms with Gasteiger partial charge in [0.2, 0.25) is 0 Å². The summed E-state index contributed by atoms with van der Waals surface area (Å²) in [6, 6.07) is 54.9. The number of hydrogen-bond acceptors (Lipinski definition) is 2. The number of hydrogen-bond donors (Lipinski definition) is 2. The van der Waals surface area contributed by atoms with E-state index in [2.05, 4.69) is 145 Å². The molecular weight excluding hydrogens is 711 g/mol. The van der Waals surface area contributed by atoms with Gasteiger partial charge in [0, 0.05) is 39.9 Å². The Labute approximate surface area is 339 Å². The Bertz CT molecular complexity index is 2130. The monoisotopic (exact) mass is 764 g/mol. The third-order valence-corrected chi connectivity index (χ3v) is 12.7. The molecule has 55 heavy (non-hydrogen) atoms. The average Bonchev–Trinajstić information content (AvgIpc) is 3.24. The van der Waals surface area contributed by atoms with Gasteiger partial charge in [-0.25, -0.2) is 0 Å². The molecule has 6 aromatic carbocycles. The molecule has 2 nitrogen and oxygen atoms in total. The molecule has 0 bridgehead atoms. The van der Waals surface area contributed by atoms with Crippen molar-refractivity contribution in [1.29, 1.82) is 0 Å². The van der Waals surface area contributed by atoms with Gasteiger partial charge in [0.25, 0.3) is 0 Å². The zero-order valence-electron chi connectivity index (χ0n) is 32.4. The van der Waals surface area contributed by atoms with Crippen LogP contribution in [0.15, 0.2) is 152 Å². The van der Waals surface area contributed by atoms with Crippen LogP contribution in [0, 0.1) is 0 Å². The summed E-state index contributed by atoms with van der Waals surface area (Å²) in [6.45, 7) is 2.35. The summed E-state index contributed by atoms with van der Waals surface area (Å²) in [7, 11) is 4.09. The second-order valence-corrected chi connectivity index (χ2v) is 16.3. The minimum atomic E-state index is 0.472. The summed E-state index contributed by atoms with van der Waals surface area (Å²) in [5.41, 5.74) is 13.0. The van der Waals surface area contributed by atoms with Crippen LogP contribution < -0.4 is 10.6 Å². The van der Waals surface area contributed by atoms with E-state index in [9.17, 15) is 0 Å². The van der Waals surface area contributed by atoms with Crippen molar-refractivity contribution in [1.82, 2.24) is 10.6 Å². The number of rotatable bonds is 5. The SMILES string of the molecule is CC1CCC(c2ccccc2)c2ccccc21.CNC1CCC(c2ccc(Cl)cc2)c2ccccc21.CNC1CCC(c2cccc(Cl)c2)c2ccccc21. The first-order chi connectivity index (χ1) is 26.9. The Morgan fingerprint density at radius 3 is 1.33 bits per heavy atom. The predicted molar refractivity (Wildman–Crippen MR) is 234 cm³/mol. The van der Waals surface area contributed by atoms with Crippen LogP contribution in [-0.2, 0) is 0 Å². The first-order valence-electron chi connectivity index (χ1n) is 20.1. The number of benzene rings is 6. The summed E-state index contributed by atoms with van der Waals surface area (Å²) in [6.07, 6.45) is 7.29. The molecule has 0 radical (unpaired) electrons. The predicted octanol–water partition coefficient (Wildman–Crippen LogP) is 13.8. The highest BCUT2D eigenvalue weighted by molar-refractivity contribution is 6.30. The lowest BCUT2D eigenvalue weighted by molar-refractivity contribution is 0.471. The maximum Gasteiger partial charge on any atom is 0.0408 e. The van der Waals surface area contributed by atoms with Crippen LogP contribution in [0.25, 0.3) is 0 Å². The van der Waals surface area contributed by atoms with E-state index in [0.717, 1.165) is 10.0 Å². The molecule has 0 aliphatic heterocycles. The van der Waals surface area contributed by atoms with Gasteiger partial charge in [-0.1, -0.05) is 158 Å². The smallest absolute Gasteiger partial charge is 0.0408 e. The molecule has 6 unspecified atom stereocenters. The third-order valence-electron chi connectivity index (χ3n) is 12.2. The summed E-state index contributed by atoms with van der Waals surface area (Å²) < 4.78 is 0. The molecule has 0 saturated carbocycles. The van der Waals surface area contributed by atoms with Crippen LogP contribution in [0.3, 0.4) is 0 Å². The molecule has 6 atom stereocenters. The summed E-state index contributed by atoms with van der Waals surface area (Å²) >= 11 is 12.1. The van der Waals surface area contributed by atoms with E-state index in [4.69, 9.17) is 23.2 Å². The molecule has 3 aliphatic carbocycles. The Hall–Kier alpha value is -4.18. The molecule has 0 heterocycles. The molecule has 4 heteroatoms. The first-order valence-corrected chi connectivity index (χ1v) is 20.9. The molecule has 282 valence electrons. The zero-order valence-corrected chi connectivity index (χ0v) is 33.9. The maximum atomic E-state index is 6.13. The van der Waals surface area contributed by atoms with E-state index in [0.29, 0.717) is 35.8 Å². The van der Waals surface area contributed by atoms with Gasteiger partial charge >= 0.3 is 0 Å². The van der Waals surface area contributed by atoms with Crippen molar-refractivity contribution >= 4 is 23.2 Å². The van der Waals surface area contributed by atoms with Crippen LogP contribution in [0.1, 0.15) is 131 Å². The third kappa shape index (κ3) is 9.11. The quantitative estimate of drug-likeness (QED) is 0.183. The minimum absolute atomic E-state index is 0.472. The van der Waals surface area contributed by atoms with Crippen LogP contribution >= 0.6 is 23.2 Å². The Kier molecular flexibility index (Phi) is 13.2. The van der Waals surface area contributed by atoms with Gasteiger partial charge in [-0.3, -0.25) is 0 Å². The first kappa shape index (κ1) is 39.1. The highest BCUT2D eigenvalue weighted by atomic mass is 35.5. The van der Waals surface area contributed by atoms with Crippen molar-refractivity contribution in [3.63, 3.8) is 0 Å².